The minimum Gasteiger partial charge on any atom is -0.464 e. The first kappa shape index (κ1) is 13.4. The molecule has 6 heteroatoms. The molecule has 0 bridgehead atoms. The number of aromatic nitrogens is 4. The van der Waals surface area contributed by atoms with Gasteiger partial charge in [-0.1, -0.05) is 41.6 Å². The van der Waals surface area contributed by atoms with Crippen molar-refractivity contribution in [2.75, 3.05) is 7.11 Å². The molecule has 0 aliphatic heterocycles. The summed E-state index contributed by atoms with van der Waals surface area (Å²) in [5.41, 5.74) is 2.72. The molecule has 112 valence electrons. The predicted octanol–water partition coefficient (Wildman–Crippen LogP) is 2.76. The van der Waals surface area contributed by atoms with Crippen LogP contribution < -0.4 is 0 Å². The molecule has 4 rings (SSSR count). The van der Waals surface area contributed by atoms with Gasteiger partial charge in [-0.2, -0.15) is 0 Å². The van der Waals surface area contributed by atoms with Crippen LogP contribution in [0, 0.1) is 0 Å². The lowest BCUT2D eigenvalue weighted by atomic mass is 10.1. The monoisotopic (exact) mass is 304 g/mol. The third-order valence-corrected chi connectivity index (χ3v) is 3.68. The van der Waals surface area contributed by atoms with Crippen molar-refractivity contribution in [2.24, 2.45) is 0 Å². The zero-order valence-electron chi connectivity index (χ0n) is 12.3. The van der Waals surface area contributed by atoms with Crippen LogP contribution in [0.15, 0.2) is 54.7 Å². The minimum absolute atomic E-state index is 0.164. The summed E-state index contributed by atoms with van der Waals surface area (Å²) in [7, 11) is 1.32. The van der Waals surface area contributed by atoms with E-state index in [2.05, 4.69) is 15.3 Å². The Morgan fingerprint density at radius 1 is 1.00 bits per heavy atom. The maximum absolute atomic E-state index is 11.6. The number of carbonyl (C=O) groups is 1. The number of pyridine rings is 1. The predicted molar refractivity (Wildman–Crippen MR) is 85.5 cm³/mol. The molecule has 0 N–H and O–H groups in total. The molecule has 0 radical (unpaired) electrons. The smallest absolute Gasteiger partial charge is 0.360 e. The number of carbonyl (C=O) groups excluding carboxylic acids is 1. The van der Waals surface area contributed by atoms with E-state index >= 15 is 0 Å². The fourth-order valence-electron chi connectivity index (χ4n) is 2.64. The molecule has 4 aromatic rings. The summed E-state index contributed by atoms with van der Waals surface area (Å²) >= 11 is 0. The third kappa shape index (κ3) is 2.12. The highest BCUT2D eigenvalue weighted by atomic mass is 16.5. The summed E-state index contributed by atoms with van der Waals surface area (Å²) in [5, 5.41) is 9.86. The maximum Gasteiger partial charge on any atom is 0.360 e. The number of rotatable bonds is 2. The van der Waals surface area contributed by atoms with E-state index in [1.807, 2.05) is 48.5 Å². The summed E-state index contributed by atoms with van der Waals surface area (Å²) in [4.78, 5) is 16.3. The van der Waals surface area contributed by atoms with E-state index in [4.69, 9.17) is 4.74 Å². The molecule has 0 unspecified atom stereocenters. The average Bonchev–Trinajstić information content (AvgIpc) is 3.08. The van der Waals surface area contributed by atoms with E-state index in [1.54, 1.807) is 10.9 Å². The number of esters is 1. The van der Waals surface area contributed by atoms with Gasteiger partial charge in [0.2, 0.25) is 0 Å². The van der Waals surface area contributed by atoms with Crippen molar-refractivity contribution in [3.63, 3.8) is 0 Å². The average molecular weight is 304 g/mol. The highest BCUT2D eigenvalue weighted by molar-refractivity contribution is 6.03. The number of ether oxygens (including phenoxy) is 1. The van der Waals surface area contributed by atoms with Crippen molar-refractivity contribution >= 4 is 27.8 Å². The van der Waals surface area contributed by atoms with Crippen LogP contribution in [-0.2, 0) is 4.74 Å². The van der Waals surface area contributed by atoms with Gasteiger partial charge in [0.15, 0.2) is 5.69 Å². The Hall–Kier alpha value is -3.28. The van der Waals surface area contributed by atoms with Crippen LogP contribution in [0.4, 0.5) is 0 Å². The fraction of sp³-hybridized carbons (Fsp3) is 0.0588. The van der Waals surface area contributed by atoms with Crippen LogP contribution in [0.1, 0.15) is 10.5 Å². The van der Waals surface area contributed by atoms with Crippen molar-refractivity contribution in [1.29, 1.82) is 0 Å². The third-order valence-electron chi connectivity index (χ3n) is 3.68. The number of methoxy groups -OCH3 is 1. The van der Waals surface area contributed by atoms with Gasteiger partial charge in [0.05, 0.1) is 30.0 Å². The number of nitrogens with zero attached hydrogens (tertiary/aromatic N) is 4. The van der Waals surface area contributed by atoms with Crippen molar-refractivity contribution in [3.8, 4) is 5.69 Å². The molecule has 0 spiro atoms. The molecule has 23 heavy (non-hydrogen) atoms. The Kier molecular flexibility index (Phi) is 3.01. The number of para-hydroxylation sites is 2. The topological polar surface area (TPSA) is 69.9 Å². The second kappa shape index (κ2) is 5.17. The Morgan fingerprint density at radius 2 is 1.61 bits per heavy atom. The van der Waals surface area contributed by atoms with Gasteiger partial charge < -0.3 is 4.74 Å². The second-order valence-corrected chi connectivity index (χ2v) is 5.03. The highest BCUT2D eigenvalue weighted by Crippen LogP contribution is 2.28. The molecule has 2 aromatic heterocycles. The maximum atomic E-state index is 11.6. The number of hydrogen-bond acceptors (Lipinski definition) is 5. The highest BCUT2D eigenvalue weighted by Gasteiger charge is 2.15. The van der Waals surface area contributed by atoms with Gasteiger partial charge in [0.1, 0.15) is 0 Å². The molecular weight excluding hydrogens is 292 g/mol. The molecule has 2 aromatic carbocycles. The molecule has 2 heterocycles. The summed E-state index contributed by atoms with van der Waals surface area (Å²) < 4.78 is 6.29. The Bertz CT molecular complexity index is 985. The molecule has 0 fully saturated rings. The lowest BCUT2D eigenvalue weighted by Crippen LogP contribution is -2.01. The van der Waals surface area contributed by atoms with Gasteiger partial charge >= 0.3 is 5.97 Å². The molecule has 0 aliphatic rings. The van der Waals surface area contributed by atoms with E-state index in [9.17, 15) is 4.79 Å². The zero-order chi connectivity index (χ0) is 15.8. The van der Waals surface area contributed by atoms with Gasteiger partial charge in [-0.25, -0.2) is 14.5 Å². The SMILES string of the molecule is COC(=O)c1cn(-c2c3ccccc3nc3ccccc23)nn1. The van der Waals surface area contributed by atoms with Gasteiger partial charge in [0, 0.05) is 10.8 Å². The van der Waals surface area contributed by atoms with Crippen LogP contribution in [0.5, 0.6) is 0 Å². The normalized spacial score (nSPS) is 11.0. The first-order valence-electron chi connectivity index (χ1n) is 7.06. The van der Waals surface area contributed by atoms with Gasteiger partial charge in [-0.05, 0) is 12.1 Å². The Balaban J connectivity index is 2.07. The van der Waals surface area contributed by atoms with Crippen molar-refractivity contribution in [2.45, 2.75) is 0 Å². The largest absolute Gasteiger partial charge is 0.464 e. The summed E-state index contributed by atoms with van der Waals surface area (Å²) in [6.07, 6.45) is 1.57. The van der Waals surface area contributed by atoms with Crippen LogP contribution in [0.2, 0.25) is 0 Å². The molecule has 0 saturated heterocycles. The van der Waals surface area contributed by atoms with Gasteiger partial charge in [0.25, 0.3) is 0 Å². The van der Waals surface area contributed by atoms with Gasteiger partial charge in [-0.15, -0.1) is 5.10 Å². The molecule has 6 nitrogen and oxygen atoms in total. The first-order valence-corrected chi connectivity index (χ1v) is 7.06. The zero-order valence-corrected chi connectivity index (χ0v) is 12.3. The fourth-order valence-corrected chi connectivity index (χ4v) is 2.64. The Morgan fingerprint density at radius 3 is 2.22 bits per heavy atom. The van der Waals surface area contributed by atoms with Crippen molar-refractivity contribution in [3.05, 3.63) is 60.4 Å². The lowest BCUT2D eigenvalue weighted by molar-refractivity contribution is 0.0594. The first-order chi connectivity index (χ1) is 11.3. The van der Waals surface area contributed by atoms with Crippen LogP contribution in [0.3, 0.4) is 0 Å². The van der Waals surface area contributed by atoms with Crippen molar-refractivity contribution < 1.29 is 9.53 Å². The van der Waals surface area contributed by atoms with E-state index in [-0.39, 0.29) is 5.69 Å². The number of benzene rings is 2. The number of hydrogen-bond donors (Lipinski definition) is 0. The van der Waals surface area contributed by atoms with Crippen LogP contribution >= 0.6 is 0 Å². The minimum atomic E-state index is -0.515. The van der Waals surface area contributed by atoms with Crippen LogP contribution in [0.25, 0.3) is 27.5 Å². The second-order valence-electron chi connectivity index (χ2n) is 5.03. The molecule has 0 saturated carbocycles. The van der Waals surface area contributed by atoms with E-state index in [0.717, 1.165) is 27.5 Å². The molecule has 0 amide bonds. The summed E-state index contributed by atoms with van der Waals surface area (Å²) in [6.45, 7) is 0. The van der Waals surface area contributed by atoms with E-state index in [1.165, 1.54) is 7.11 Å². The Labute approximate surface area is 131 Å². The number of fused-ring (bicyclic) bond motifs is 2. The van der Waals surface area contributed by atoms with E-state index < -0.39 is 5.97 Å². The van der Waals surface area contributed by atoms with Crippen molar-refractivity contribution in [1.82, 2.24) is 20.0 Å². The molecule has 0 atom stereocenters. The van der Waals surface area contributed by atoms with Crippen LogP contribution in [-0.4, -0.2) is 33.1 Å². The molecular formula is C17H12N4O2. The van der Waals surface area contributed by atoms with Gasteiger partial charge in [-0.3, -0.25) is 0 Å². The molecule has 0 aliphatic carbocycles. The summed E-state index contributed by atoms with van der Waals surface area (Å²) in [6, 6.07) is 15.6. The van der Waals surface area contributed by atoms with E-state index in [0.29, 0.717) is 0 Å². The lowest BCUT2D eigenvalue weighted by Gasteiger charge is -2.09. The quantitative estimate of drug-likeness (QED) is 0.421. The summed E-state index contributed by atoms with van der Waals surface area (Å²) in [5.74, 6) is -0.515. The standard InChI is InChI=1S/C17H12N4O2/c1-23-17(22)15-10-21(20-19-15)16-11-6-2-4-8-13(11)18-14-9-5-3-7-12(14)16/h2-10H,1H3.